The Bertz CT molecular complexity index is 669. The van der Waals surface area contributed by atoms with Crippen LogP contribution in [-0.4, -0.2) is 15.6 Å². The molecule has 1 aromatic rings. The molecule has 1 unspecified atom stereocenters. The van der Waals surface area contributed by atoms with Crippen molar-refractivity contribution in [3.63, 3.8) is 0 Å². The Kier molecular flexibility index (Phi) is 4.63. The smallest absolute Gasteiger partial charge is 0.272 e. The molecule has 0 saturated heterocycles. The van der Waals surface area contributed by atoms with Gasteiger partial charge in [0.1, 0.15) is 5.69 Å². The highest BCUT2D eigenvalue weighted by molar-refractivity contribution is 5.87. The largest absolute Gasteiger partial charge is 0.301 e. The molecular formula is C15H20N4O4. The predicted molar refractivity (Wildman–Crippen MR) is 87.6 cm³/mol. The van der Waals surface area contributed by atoms with Crippen molar-refractivity contribution in [1.29, 1.82) is 0 Å². The number of benzene rings is 1. The second-order valence-corrected chi connectivity index (χ2v) is 6.86. The van der Waals surface area contributed by atoms with Crippen LogP contribution in [0.1, 0.15) is 40.0 Å². The number of hydrogen-bond donors (Lipinski definition) is 1. The fourth-order valence-corrected chi connectivity index (χ4v) is 3.22. The van der Waals surface area contributed by atoms with Crippen molar-refractivity contribution in [2.75, 3.05) is 5.43 Å². The van der Waals surface area contributed by atoms with Gasteiger partial charge in [-0.25, -0.2) is 0 Å². The van der Waals surface area contributed by atoms with Gasteiger partial charge in [0.25, 0.3) is 5.69 Å². The van der Waals surface area contributed by atoms with Gasteiger partial charge in [-0.2, -0.15) is 5.10 Å². The van der Waals surface area contributed by atoms with Crippen molar-refractivity contribution in [2.45, 2.75) is 40.0 Å². The van der Waals surface area contributed by atoms with Crippen LogP contribution in [0.5, 0.6) is 0 Å². The highest BCUT2D eigenvalue weighted by Crippen LogP contribution is 2.37. The molecule has 0 aromatic heterocycles. The van der Waals surface area contributed by atoms with Crippen LogP contribution in [-0.2, 0) is 0 Å². The van der Waals surface area contributed by atoms with Crippen LogP contribution in [0.25, 0.3) is 0 Å². The third kappa shape index (κ3) is 4.24. The molecule has 0 radical (unpaired) electrons. The molecule has 1 saturated carbocycles. The molecule has 1 fully saturated rings. The van der Waals surface area contributed by atoms with Gasteiger partial charge in [-0.05, 0) is 36.7 Å². The Labute approximate surface area is 133 Å². The molecule has 0 aliphatic heterocycles. The fraction of sp³-hybridized carbons (Fsp3) is 0.533. The maximum Gasteiger partial charge on any atom is 0.301 e. The number of nitro benzene ring substituents is 2. The van der Waals surface area contributed by atoms with Gasteiger partial charge in [-0.15, -0.1) is 0 Å². The zero-order chi connectivity index (χ0) is 17.2. The first-order valence-electron chi connectivity index (χ1n) is 7.42. The molecule has 0 amide bonds. The normalized spacial score (nSPS) is 21.9. The lowest BCUT2D eigenvalue weighted by atomic mass is 9.72. The Balaban J connectivity index is 2.24. The molecule has 0 heterocycles. The maximum absolute atomic E-state index is 11.1. The lowest BCUT2D eigenvalue weighted by Gasteiger charge is -2.34. The minimum Gasteiger partial charge on any atom is -0.272 e. The van der Waals surface area contributed by atoms with Crippen molar-refractivity contribution >= 4 is 22.8 Å². The summed E-state index contributed by atoms with van der Waals surface area (Å²) < 4.78 is 0. The van der Waals surface area contributed by atoms with Gasteiger partial charge in [0, 0.05) is 11.8 Å². The molecular weight excluding hydrogens is 300 g/mol. The van der Waals surface area contributed by atoms with Crippen LogP contribution in [0, 0.1) is 31.6 Å². The van der Waals surface area contributed by atoms with Crippen LogP contribution in [0.15, 0.2) is 23.3 Å². The summed E-state index contributed by atoms with van der Waals surface area (Å²) in [7, 11) is 0. The summed E-state index contributed by atoms with van der Waals surface area (Å²) in [6.45, 7) is 6.50. The summed E-state index contributed by atoms with van der Waals surface area (Å²) in [5, 5.41) is 26.1. The zero-order valence-corrected chi connectivity index (χ0v) is 13.4. The van der Waals surface area contributed by atoms with Crippen LogP contribution < -0.4 is 5.43 Å². The number of hydrazone groups is 1. The topological polar surface area (TPSA) is 111 Å². The number of nitro groups is 2. The van der Waals surface area contributed by atoms with E-state index in [1.54, 1.807) is 0 Å². The zero-order valence-electron chi connectivity index (χ0n) is 13.4. The summed E-state index contributed by atoms with van der Waals surface area (Å²) in [6, 6.07) is 3.48. The molecule has 1 aliphatic rings. The summed E-state index contributed by atoms with van der Waals surface area (Å²) in [6.07, 6.45) is 2.78. The number of rotatable bonds is 4. The number of hydrogen-bond acceptors (Lipinski definition) is 6. The van der Waals surface area contributed by atoms with Gasteiger partial charge in [-0.3, -0.25) is 25.7 Å². The fourth-order valence-electron chi connectivity index (χ4n) is 3.22. The molecule has 2 rings (SSSR count). The van der Waals surface area contributed by atoms with Crippen LogP contribution in [0.3, 0.4) is 0 Å². The van der Waals surface area contributed by atoms with Crippen LogP contribution in [0.2, 0.25) is 0 Å². The Morgan fingerprint density at radius 1 is 1.26 bits per heavy atom. The summed E-state index contributed by atoms with van der Waals surface area (Å²) >= 11 is 0. The highest BCUT2D eigenvalue weighted by Gasteiger charge is 2.29. The minimum absolute atomic E-state index is 0.152. The van der Waals surface area contributed by atoms with Gasteiger partial charge < -0.3 is 0 Å². The highest BCUT2D eigenvalue weighted by atomic mass is 16.6. The van der Waals surface area contributed by atoms with E-state index in [9.17, 15) is 20.2 Å². The second kappa shape index (κ2) is 6.31. The van der Waals surface area contributed by atoms with Crippen molar-refractivity contribution < 1.29 is 9.85 Å². The number of non-ortho nitro benzene ring substituents is 1. The van der Waals surface area contributed by atoms with Crippen molar-refractivity contribution in [3.8, 4) is 0 Å². The van der Waals surface area contributed by atoms with Crippen LogP contribution in [0.4, 0.5) is 17.1 Å². The number of anilines is 1. The van der Waals surface area contributed by atoms with Crippen LogP contribution >= 0.6 is 0 Å². The minimum atomic E-state index is -0.659. The van der Waals surface area contributed by atoms with Gasteiger partial charge in [-0.1, -0.05) is 20.8 Å². The first-order chi connectivity index (χ1) is 10.7. The average Bonchev–Trinajstić information content (AvgIpc) is 2.42. The summed E-state index contributed by atoms with van der Waals surface area (Å²) in [4.78, 5) is 20.5. The second-order valence-electron chi connectivity index (χ2n) is 6.86. The Morgan fingerprint density at radius 3 is 2.52 bits per heavy atom. The molecule has 0 bridgehead atoms. The molecule has 124 valence electrons. The van der Waals surface area contributed by atoms with E-state index in [0.717, 1.165) is 31.0 Å². The quantitative estimate of drug-likeness (QED) is 0.662. The van der Waals surface area contributed by atoms with E-state index in [0.29, 0.717) is 5.92 Å². The van der Waals surface area contributed by atoms with E-state index in [1.165, 1.54) is 12.1 Å². The van der Waals surface area contributed by atoms with Gasteiger partial charge >= 0.3 is 5.69 Å². The molecule has 8 heteroatoms. The number of nitrogens with one attached hydrogen (secondary N) is 1. The maximum atomic E-state index is 11.1. The molecule has 1 N–H and O–H groups in total. The Hall–Kier alpha value is -2.51. The van der Waals surface area contributed by atoms with Crippen molar-refractivity contribution in [2.24, 2.45) is 16.4 Å². The van der Waals surface area contributed by atoms with Gasteiger partial charge in [0.15, 0.2) is 0 Å². The molecule has 1 atom stereocenters. The molecule has 23 heavy (non-hydrogen) atoms. The van der Waals surface area contributed by atoms with Crippen molar-refractivity contribution in [3.05, 3.63) is 38.4 Å². The third-order valence-corrected chi connectivity index (χ3v) is 3.89. The monoisotopic (exact) mass is 320 g/mol. The molecule has 1 aromatic carbocycles. The van der Waals surface area contributed by atoms with Gasteiger partial charge in [0.05, 0.1) is 15.9 Å². The Morgan fingerprint density at radius 2 is 1.96 bits per heavy atom. The van der Waals surface area contributed by atoms with E-state index in [2.05, 4.69) is 31.3 Å². The van der Waals surface area contributed by atoms with E-state index in [1.807, 2.05) is 0 Å². The molecule has 8 nitrogen and oxygen atoms in total. The van der Waals surface area contributed by atoms with E-state index in [4.69, 9.17) is 0 Å². The average molecular weight is 320 g/mol. The summed E-state index contributed by atoms with van der Waals surface area (Å²) in [5.74, 6) is 0.506. The molecule has 0 spiro atoms. The summed E-state index contributed by atoms with van der Waals surface area (Å²) in [5.41, 5.74) is 3.31. The lowest BCUT2D eigenvalue weighted by molar-refractivity contribution is -0.393. The lowest BCUT2D eigenvalue weighted by Crippen LogP contribution is -2.28. The molecule has 1 aliphatic carbocycles. The predicted octanol–water partition coefficient (Wildman–Crippen LogP) is 4.12. The first-order valence-corrected chi connectivity index (χ1v) is 7.42. The van der Waals surface area contributed by atoms with E-state index in [-0.39, 0.29) is 22.5 Å². The van der Waals surface area contributed by atoms with E-state index < -0.39 is 9.85 Å². The number of nitrogens with zero attached hydrogens (tertiary/aromatic N) is 3. The third-order valence-electron chi connectivity index (χ3n) is 3.89. The SMILES string of the molecule is CC1C/C(=N\Nc2ccc([N+](=O)[O-])cc2[N+](=O)[O-])CC(C)(C)C1. The standard InChI is InChI=1S/C15H20N4O4/c1-10-6-11(9-15(2,3)8-10)16-17-13-5-4-12(18(20)21)7-14(13)19(22)23/h4-5,7,10,17H,6,8-9H2,1-3H3/b16-11+. The van der Waals surface area contributed by atoms with E-state index >= 15 is 0 Å². The first kappa shape index (κ1) is 16.9. The van der Waals surface area contributed by atoms with Gasteiger partial charge in [0.2, 0.25) is 0 Å². The van der Waals surface area contributed by atoms with Crippen molar-refractivity contribution in [1.82, 2.24) is 0 Å².